The molecule has 1 N–H and O–H groups in total. The summed E-state index contributed by atoms with van der Waals surface area (Å²) in [4.78, 5) is 13.5. The number of aromatic nitrogens is 1. The Bertz CT molecular complexity index is 507. The van der Waals surface area contributed by atoms with Gasteiger partial charge in [0.25, 0.3) is 0 Å². The van der Waals surface area contributed by atoms with Crippen molar-refractivity contribution in [3.05, 3.63) is 28.7 Å². The van der Waals surface area contributed by atoms with E-state index in [1.165, 1.54) is 22.6 Å². The standard InChI is InChI=1S/C11H16N2O3S/c14-11-6-5-10(9-12-11)17(15,16)13-7-3-1-2-4-8-13/h5-6,9H,1-4,7-8H2,(H,12,14). The average molecular weight is 256 g/mol. The molecule has 1 fully saturated rings. The monoisotopic (exact) mass is 256 g/mol. The Labute approximate surface area is 101 Å². The summed E-state index contributed by atoms with van der Waals surface area (Å²) < 4.78 is 26.0. The van der Waals surface area contributed by atoms with E-state index in [4.69, 9.17) is 0 Å². The Morgan fingerprint density at radius 1 is 1.06 bits per heavy atom. The molecule has 1 saturated heterocycles. The van der Waals surface area contributed by atoms with Crippen molar-refractivity contribution in [3.8, 4) is 0 Å². The number of nitrogens with zero attached hydrogens (tertiary/aromatic N) is 1. The fourth-order valence-corrected chi connectivity index (χ4v) is 3.47. The zero-order valence-electron chi connectivity index (χ0n) is 9.55. The highest BCUT2D eigenvalue weighted by Crippen LogP contribution is 2.18. The molecule has 5 nitrogen and oxygen atoms in total. The minimum Gasteiger partial charge on any atom is -0.328 e. The number of sulfonamides is 1. The lowest BCUT2D eigenvalue weighted by Crippen LogP contribution is -2.32. The number of hydrogen-bond donors (Lipinski definition) is 1. The number of H-pyrrole nitrogens is 1. The van der Waals surface area contributed by atoms with Crippen LogP contribution in [0.15, 0.2) is 28.0 Å². The largest absolute Gasteiger partial charge is 0.328 e. The molecule has 0 spiro atoms. The third kappa shape index (κ3) is 2.76. The lowest BCUT2D eigenvalue weighted by atomic mass is 10.2. The van der Waals surface area contributed by atoms with Crippen LogP contribution in [0, 0.1) is 0 Å². The summed E-state index contributed by atoms with van der Waals surface area (Å²) in [5.41, 5.74) is -0.292. The van der Waals surface area contributed by atoms with Gasteiger partial charge in [0.15, 0.2) is 0 Å². The second-order valence-corrected chi connectivity index (χ2v) is 6.14. The Kier molecular flexibility index (Phi) is 3.63. The number of pyridine rings is 1. The quantitative estimate of drug-likeness (QED) is 0.856. The van der Waals surface area contributed by atoms with Crippen LogP contribution in [0.5, 0.6) is 0 Å². The number of hydrogen-bond acceptors (Lipinski definition) is 3. The predicted molar refractivity (Wildman–Crippen MR) is 64.3 cm³/mol. The van der Waals surface area contributed by atoms with Gasteiger partial charge in [-0.15, -0.1) is 0 Å². The predicted octanol–water partition coefficient (Wildman–Crippen LogP) is 0.940. The molecule has 6 heteroatoms. The van der Waals surface area contributed by atoms with Gasteiger partial charge in [-0.2, -0.15) is 4.31 Å². The van der Waals surface area contributed by atoms with Crippen molar-refractivity contribution < 1.29 is 8.42 Å². The molecule has 17 heavy (non-hydrogen) atoms. The fourth-order valence-electron chi connectivity index (χ4n) is 1.99. The van der Waals surface area contributed by atoms with Gasteiger partial charge in [0.05, 0.1) is 4.90 Å². The molecule has 0 aliphatic carbocycles. The van der Waals surface area contributed by atoms with Crippen molar-refractivity contribution in [2.75, 3.05) is 13.1 Å². The molecular formula is C11H16N2O3S. The minimum atomic E-state index is -3.44. The molecule has 0 aromatic carbocycles. The van der Waals surface area contributed by atoms with Crippen LogP contribution in [-0.2, 0) is 10.0 Å². The van der Waals surface area contributed by atoms with E-state index in [0.29, 0.717) is 13.1 Å². The maximum atomic E-state index is 12.3. The van der Waals surface area contributed by atoms with Crippen molar-refractivity contribution in [3.63, 3.8) is 0 Å². The number of nitrogens with one attached hydrogen (secondary N) is 1. The van der Waals surface area contributed by atoms with Crippen LogP contribution >= 0.6 is 0 Å². The molecule has 2 rings (SSSR count). The van der Waals surface area contributed by atoms with Crippen LogP contribution < -0.4 is 5.56 Å². The first kappa shape index (κ1) is 12.3. The first-order valence-electron chi connectivity index (χ1n) is 5.79. The molecule has 1 aromatic rings. The van der Waals surface area contributed by atoms with E-state index < -0.39 is 10.0 Å². The van der Waals surface area contributed by atoms with Gasteiger partial charge in [-0.25, -0.2) is 8.42 Å². The summed E-state index contributed by atoms with van der Waals surface area (Å²) in [6, 6.07) is 2.60. The topological polar surface area (TPSA) is 70.2 Å². The van der Waals surface area contributed by atoms with Crippen molar-refractivity contribution >= 4 is 10.0 Å². The Morgan fingerprint density at radius 2 is 1.71 bits per heavy atom. The first-order valence-corrected chi connectivity index (χ1v) is 7.23. The first-order chi connectivity index (χ1) is 8.10. The zero-order chi connectivity index (χ0) is 12.3. The molecule has 0 radical (unpaired) electrons. The van der Waals surface area contributed by atoms with Crippen LogP contribution in [0.3, 0.4) is 0 Å². The van der Waals surface area contributed by atoms with E-state index >= 15 is 0 Å². The molecular weight excluding hydrogens is 240 g/mol. The van der Waals surface area contributed by atoms with Crippen LogP contribution in [-0.4, -0.2) is 30.8 Å². The number of rotatable bonds is 2. The highest BCUT2D eigenvalue weighted by molar-refractivity contribution is 7.89. The summed E-state index contributed by atoms with van der Waals surface area (Å²) in [5.74, 6) is 0. The van der Waals surface area contributed by atoms with E-state index in [-0.39, 0.29) is 10.5 Å². The summed E-state index contributed by atoms with van der Waals surface area (Å²) in [6.45, 7) is 1.14. The maximum Gasteiger partial charge on any atom is 0.247 e. The maximum absolute atomic E-state index is 12.3. The number of aromatic amines is 1. The smallest absolute Gasteiger partial charge is 0.247 e. The van der Waals surface area contributed by atoms with Gasteiger partial charge in [-0.05, 0) is 18.9 Å². The van der Waals surface area contributed by atoms with Crippen LogP contribution in [0.25, 0.3) is 0 Å². The highest BCUT2D eigenvalue weighted by atomic mass is 32.2. The van der Waals surface area contributed by atoms with Crippen molar-refractivity contribution in [2.24, 2.45) is 0 Å². The van der Waals surface area contributed by atoms with Crippen LogP contribution in [0.1, 0.15) is 25.7 Å². The van der Waals surface area contributed by atoms with Crippen molar-refractivity contribution in [1.82, 2.24) is 9.29 Å². The summed E-state index contributed by atoms with van der Waals surface area (Å²) in [6.07, 6.45) is 5.24. The molecule has 2 heterocycles. The Morgan fingerprint density at radius 3 is 2.24 bits per heavy atom. The third-order valence-corrected chi connectivity index (χ3v) is 4.85. The second kappa shape index (κ2) is 5.01. The molecule has 1 aliphatic rings. The lowest BCUT2D eigenvalue weighted by Gasteiger charge is -2.19. The molecule has 0 amide bonds. The van der Waals surface area contributed by atoms with E-state index in [1.807, 2.05) is 0 Å². The summed E-state index contributed by atoms with van der Waals surface area (Å²) >= 11 is 0. The second-order valence-electron chi connectivity index (χ2n) is 4.21. The van der Waals surface area contributed by atoms with Gasteiger partial charge in [0.1, 0.15) is 0 Å². The van der Waals surface area contributed by atoms with Gasteiger partial charge in [-0.1, -0.05) is 12.8 Å². The lowest BCUT2D eigenvalue weighted by molar-refractivity contribution is 0.423. The van der Waals surface area contributed by atoms with Gasteiger partial charge in [0.2, 0.25) is 15.6 Å². The molecule has 1 aliphatic heterocycles. The van der Waals surface area contributed by atoms with Crippen molar-refractivity contribution in [2.45, 2.75) is 30.6 Å². The SMILES string of the molecule is O=c1ccc(S(=O)(=O)N2CCCCCC2)c[nH]1. The normalized spacial score (nSPS) is 18.8. The molecule has 0 unspecified atom stereocenters. The van der Waals surface area contributed by atoms with E-state index in [0.717, 1.165) is 25.7 Å². The van der Waals surface area contributed by atoms with Crippen LogP contribution in [0.2, 0.25) is 0 Å². The van der Waals surface area contributed by atoms with Crippen LogP contribution in [0.4, 0.5) is 0 Å². The molecule has 0 bridgehead atoms. The Hall–Kier alpha value is -1.14. The third-order valence-electron chi connectivity index (χ3n) is 2.96. The average Bonchev–Trinajstić information content (AvgIpc) is 2.58. The zero-order valence-corrected chi connectivity index (χ0v) is 10.4. The molecule has 0 saturated carbocycles. The van der Waals surface area contributed by atoms with E-state index in [9.17, 15) is 13.2 Å². The van der Waals surface area contributed by atoms with Crippen molar-refractivity contribution in [1.29, 1.82) is 0 Å². The Balaban J connectivity index is 2.28. The van der Waals surface area contributed by atoms with Gasteiger partial charge in [0, 0.05) is 25.4 Å². The fraction of sp³-hybridized carbons (Fsp3) is 0.545. The minimum absolute atomic E-state index is 0.166. The highest BCUT2D eigenvalue weighted by Gasteiger charge is 2.24. The van der Waals surface area contributed by atoms with E-state index in [2.05, 4.69) is 4.98 Å². The summed E-state index contributed by atoms with van der Waals surface area (Å²) in [7, 11) is -3.44. The van der Waals surface area contributed by atoms with Gasteiger partial charge < -0.3 is 4.98 Å². The van der Waals surface area contributed by atoms with Gasteiger partial charge in [-0.3, -0.25) is 4.79 Å². The van der Waals surface area contributed by atoms with E-state index in [1.54, 1.807) is 0 Å². The molecule has 94 valence electrons. The molecule has 1 aromatic heterocycles. The van der Waals surface area contributed by atoms with Gasteiger partial charge >= 0.3 is 0 Å². The molecule has 0 atom stereocenters. The summed E-state index contributed by atoms with van der Waals surface area (Å²) in [5, 5.41) is 0.